The van der Waals surface area contributed by atoms with Crippen molar-refractivity contribution in [3.63, 3.8) is 0 Å². The van der Waals surface area contributed by atoms with Crippen molar-refractivity contribution in [1.29, 1.82) is 0 Å². The van der Waals surface area contributed by atoms with Crippen LogP contribution in [0.2, 0.25) is 0 Å². The van der Waals surface area contributed by atoms with Crippen molar-refractivity contribution in [2.45, 2.75) is 13.8 Å². The second kappa shape index (κ2) is 6.81. The van der Waals surface area contributed by atoms with E-state index in [4.69, 9.17) is 0 Å². The molecule has 0 saturated heterocycles. The number of rotatable bonds is 2. The van der Waals surface area contributed by atoms with Crippen LogP contribution in [0, 0.1) is 13.8 Å². The summed E-state index contributed by atoms with van der Waals surface area (Å²) in [6, 6.07) is 20.7. The van der Waals surface area contributed by atoms with Crippen LogP contribution in [0.4, 0.5) is 0 Å². The minimum Gasteiger partial charge on any atom is -0.284 e. The van der Waals surface area contributed by atoms with Gasteiger partial charge in [0.2, 0.25) is 0 Å². The van der Waals surface area contributed by atoms with E-state index in [2.05, 4.69) is 4.98 Å². The molecule has 0 N–H and O–H groups in total. The summed E-state index contributed by atoms with van der Waals surface area (Å²) in [6.45, 7) is 3.97. The van der Waals surface area contributed by atoms with Gasteiger partial charge < -0.3 is 0 Å². The highest BCUT2D eigenvalue weighted by molar-refractivity contribution is 5.91. The van der Waals surface area contributed by atoms with E-state index >= 15 is 0 Å². The Morgan fingerprint density at radius 2 is 1.33 bits per heavy atom. The van der Waals surface area contributed by atoms with Crippen molar-refractivity contribution in [2.75, 3.05) is 0 Å². The molecule has 5 rings (SSSR count). The van der Waals surface area contributed by atoms with E-state index in [0.717, 1.165) is 22.5 Å². The van der Waals surface area contributed by atoms with Crippen LogP contribution in [0.1, 0.15) is 11.1 Å². The zero-order valence-corrected chi connectivity index (χ0v) is 16.7. The number of hydrogen-bond donors (Lipinski definition) is 0. The Bertz CT molecular complexity index is 1550. The summed E-state index contributed by atoms with van der Waals surface area (Å²) in [7, 11) is 0. The molecule has 0 spiro atoms. The maximum atomic E-state index is 13.3. The third-order valence-electron chi connectivity index (χ3n) is 5.40. The van der Waals surface area contributed by atoms with Crippen LogP contribution < -0.4 is 11.1 Å². The number of fused-ring (bicyclic) bond motifs is 2. The van der Waals surface area contributed by atoms with Crippen LogP contribution in [0.3, 0.4) is 0 Å². The SMILES string of the molecule is Cc1ccc(C)c(-n2ccc3nc4ccn(-c5ccccc5)c(=O)c4cc3c2=O)c1. The number of hydrogen-bond acceptors (Lipinski definition) is 3. The molecule has 5 heteroatoms. The molecule has 3 heterocycles. The van der Waals surface area contributed by atoms with Gasteiger partial charge in [0.25, 0.3) is 11.1 Å². The molecule has 5 aromatic rings. The second-order valence-corrected chi connectivity index (χ2v) is 7.46. The highest BCUT2D eigenvalue weighted by Crippen LogP contribution is 2.19. The van der Waals surface area contributed by atoms with Crippen molar-refractivity contribution in [3.8, 4) is 11.4 Å². The van der Waals surface area contributed by atoms with Crippen LogP contribution in [-0.2, 0) is 0 Å². The monoisotopic (exact) mass is 393 g/mol. The van der Waals surface area contributed by atoms with Gasteiger partial charge in [-0.15, -0.1) is 0 Å². The maximum Gasteiger partial charge on any atom is 0.264 e. The summed E-state index contributed by atoms with van der Waals surface area (Å²) >= 11 is 0. The summed E-state index contributed by atoms with van der Waals surface area (Å²) in [6.07, 6.45) is 3.46. The van der Waals surface area contributed by atoms with Gasteiger partial charge >= 0.3 is 0 Å². The Hall–Kier alpha value is -3.99. The highest BCUT2D eigenvalue weighted by atomic mass is 16.1. The number of benzene rings is 2. The molecule has 0 bridgehead atoms. The van der Waals surface area contributed by atoms with Crippen LogP contribution in [-0.4, -0.2) is 14.1 Å². The molecule has 0 fully saturated rings. The normalized spacial score (nSPS) is 11.3. The summed E-state index contributed by atoms with van der Waals surface area (Å²) in [5.41, 5.74) is 4.43. The lowest BCUT2D eigenvalue weighted by atomic mass is 10.1. The number of pyridine rings is 3. The molecule has 5 nitrogen and oxygen atoms in total. The predicted molar refractivity (Wildman–Crippen MR) is 120 cm³/mol. The van der Waals surface area contributed by atoms with Crippen molar-refractivity contribution in [3.05, 3.63) is 111 Å². The third-order valence-corrected chi connectivity index (χ3v) is 5.40. The van der Waals surface area contributed by atoms with Gasteiger partial charge in [0.05, 0.1) is 27.5 Å². The van der Waals surface area contributed by atoms with E-state index in [1.54, 1.807) is 33.7 Å². The van der Waals surface area contributed by atoms with Crippen molar-refractivity contribution >= 4 is 21.8 Å². The number of para-hydroxylation sites is 1. The lowest BCUT2D eigenvalue weighted by molar-refractivity contribution is 0.988. The zero-order valence-electron chi connectivity index (χ0n) is 16.7. The highest BCUT2D eigenvalue weighted by Gasteiger charge is 2.12. The molecule has 0 unspecified atom stereocenters. The molecule has 0 amide bonds. The fraction of sp³-hybridized carbons (Fsp3) is 0.0800. The molecular formula is C25H19N3O2. The summed E-state index contributed by atoms with van der Waals surface area (Å²) < 4.78 is 3.19. The van der Waals surface area contributed by atoms with Crippen LogP contribution >= 0.6 is 0 Å². The summed E-state index contributed by atoms with van der Waals surface area (Å²) in [5.74, 6) is 0. The molecule has 30 heavy (non-hydrogen) atoms. The summed E-state index contributed by atoms with van der Waals surface area (Å²) in [4.78, 5) is 31.1. The summed E-state index contributed by atoms with van der Waals surface area (Å²) in [5, 5.41) is 0.846. The fourth-order valence-electron chi connectivity index (χ4n) is 3.78. The van der Waals surface area contributed by atoms with Crippen molar-refractivity contribution < 1.29 is 0 Å². The first-order chi connectivity index (χ1) is 14.5. The standard InChI is InChI=1S/C25H19N3O2/c1-16-8-9-17(2)23(14-16)28-13-11-22-20(25(28)30)15-19-21(26-22)10-12-27(24(19)29)18-6-4-3-5-7-18/h3-15H,1-2H3. The predicted octanol–water partition coefficient (Wildman–Crippen LogP) is 4.31. The topological polar surface area (TPSA) is 56.9 Å². The third kappa shape index (κ3) is 2.83. The lowest BCUT2D eigenvalue weighted by Gasteiger charge is -2.12. The number of aromatic nitrogens is 3. The smallest absolute Gasteiger partial charge is 0.264 e. The van der Waals surface area contributed by atoms with E-state index in [-0.39, 0.29) is 11.1 Å². The van der Waals surface area contributed by atoms with E-state index in [1.165, 1.54) is 0 Å². The van der Waals surface area contributed by atoms with Crippen molar-refractivity contribution in [2.24, 2.45) is 0 Å². The first kappa shape index (κ1) is 18.1. The van der Waals surface area contributed by atoms with Crippen LogP contribution in [0.15, 0.2) is 88.7 Å². The van der Waals surface area contributed by atoms with Gasteiger partial charge in [-0.05, 0) is 61.4 Å². The molecular weight excluding hydrogens is 374 g/mol. The Balaban J connectivity index is 1.80. The number of aryl methyl sites for hydroxylation is 2. The molecule has 0 aliphatic carbocycles. The van der Waals surface area contributed by atoms with Gasteiger partial charge in [-0.2, -0.15) is 0 Å². The first-order valence-electron chi connectivity index (χ1n) is 9.74. The zero-order chi connectivity index (χ0) is 20.8. The second-order valence-electron chi connectivity index (χ2n) is 7.46. The van der Waals surface area contributed by atoms with Gasteiger partial charge in [0.1, 0.15) is 0 Å². The van der Waals surface area contributed by atoms with Gasteiger partial charge in [0.15, 0.2) is 0 Å². The van der Waals surface area contributed by atoms with E-state index in [0.29, 0.717) is 21.8 Å². The number of nitrogens with zero attached hydrogens (tertiary/aromatic N) is 3. The van der Waals surface area contributed by atoms with E-state index in [1.807, 2.05) is 68.4 Å². The maximum absolute atomic E-state index is 13.3. The average molecular weight is 393 g/mol. The van der Waals surface area contributed by atoms with Crippen molar-refractivity contribution in [1.82, 2.24) is 14.1 Å². The Labute approximate surface area is 172 Å². The van der Waals surface area contributed by atoms with Gasteiger partial charge in [-0.25, -0.2) is 4.98 Å². The molecule has 0 radical (unpaired) electrons. The minimum absolute atomic E-state index is 0.190. The molecule has 146 valence electrons. The quantitative estimate of drug-likeness (QED) is 0.420. The molecule has 2 aromatic carbocycles. The van der Waals surface area contributed by atoms with Gasteiger partial charge in [0, 0.05) is 18.1 Å². The van der Waals surface area contributed by atoms with Gasteiger partial charge in [-0.1, -0.05) is 30.3 Å². The molecule has 0 aliphatic heterocycles. The Morgan fingerprint density at radius 1 is 0.700 bits per heavy atom. The molecule has 0 aliphatic rings. The Kier molecular flexibility index (Phi) is 4.10. The average Bonchev–Trinajstić information content (AvgIpc) is 2.76. The molecule has 0 atom stereocenters. The fourth-order valence-corrected chi connectivity index (χ4v) is 3.78. The van der Waals surface area contributed by atoms with E-state index < -0.39 is 0 Å². The van der Waals surface area contributed by atoms with E-state index in [9.17, 15) is 9.59 Å². The molecule has 0 saturated carbocycles. The molecule has 3 aromatic heterocycles. The minimum atomic E-state index is -0.199. The lowest BCUT2D eigenvalue weighted by Crippen LogP contribution is -2.21. The largest absolute Gasteiger partial charge is 0.284 e. The van der Waals surface area contributed by atoms with Crippen LogP contribution in [0.25, 0.3) is 33.2 Å². The van der Waals surface area contributed by atoms with Crippen LogP contribution in [0.5, 0.6) is 0 Å². The van der Waals surface area contributed by atoms with Gasteiger partial charge in [-0.3, -0.25) is 18.7 Å². The Morgan fingerprint density at radius 3 is 2.03 bits per heavy atom. The first-order valence-corrected chi connectivity index (χ1v) is 9.74.